The highest BCUT2D eigenvalue weighted by Gasteiger charge is 2.58. The van der Waals surface area contributed by atoms with Gasteiger partial charge in [-0.05, 0) is 58.5 Å². The molecule has 0 radical (unpaired) electrons. The molecule has 2 aliphatic heterocycles. The summed E-state index contributed by atoms with van der Waals surface area (Å²) >= 11 is 0. The monoisotopic (exact) mass is 439 g/mol. The van der Waals surface area contributed by atoms with Crippen LogP contribution in [0.1, 0.15) is 57.2 Å². The summed E-state index contributed by atoms with van der Waals surface area (Å²) in [6.45, 7) is 7.53. The second-order valence-corrected chi connectivity index (χ2v) is 11.1. The molecule has 0 spiro atoms. The zero-order chi connectivity index (χ0) is 21.4. The van der Waals surface area contributed by atoms with Crippen molar-refractivity contribution in [3.8, 4) is 0 Å². The average molecular weight is 440 g/mol. The first-order chi connectivity index (χ1) is 14.3. The Morgan fingerprint density at radius 2 is 2.07 bits per heavy atom. The van der Waals surface area contributed by atoms with Gasteiger partial charge >= 0.3 is 0 Å². The first-order valence-electron chi connectivity index (χ1n) is 11.1. The summed E-state index contributed by atoms with van der Waals surface area (Å²) in [4.78, 5) is 21.8. The second kappa shape index (κ2) is 8.55. The largest absolute Gasteiger partial charge is 0.341 e. The van der Waals surface area contributed by atoms with E-state index in [2.05, 4.69) is 19.8 Å². The van der Waals surface area contributed by atoms with Gasteiger partial charge in [-0.15, -0.1) is 0 Å². The van der Waals surface area contributed by atoms with Crippen LogP contribution in [0.4, 0.5) is 0 Å². The van der Waals surface area contributed by atoms with Crippen molar-refractivity contribution in [2.24, 2.45) is 5.92 Å². The van der Waals surface area contributed by atoms with E-state index in [0.29, 0.717) is 44.1 Å². The fourth-order valence-corrected chi connectivity index (χ4v) is 6.27. The predicted octanol–water partition coefficient (Wildman–Crippen LogP) is 1.05. The Bertz CT molecular complexity index is 866. The molecule has 168 valence electrons. The van der Waals surface area contributed by atoms with Crippen molar-refractivity contribution in [2.45, 2.75) is 63.8 Å². The number of nitrogens with zero attached hydrogens (tertiary/aromatic N) is 4. The number of nitrogens with one attached hydrogen (secondary N) is 1. The van der Waals surface area contributed by atoms with Crippen LogP contribution >= 0.6 is 0 Å². The molecule has 3 fully saturated rings. The summed E-state index contributed by atoms with van der Waals surface area (Å²) in [5, 5.41) is 3.96. The Hall–Kier alpha value is -1.52. The van der Waals surface area contributed by atoms with Gasteiger partial charge in [-0.3, -0.25) is 4.79 Å². The summed E-state index contributed by atoms with van der Waals surface area (Å²) in [6.07, 6.45) is 5.50. The molecule has 4 rings (SSSR count). The fourth-order valence-electron chi connectivity index (χ4n) is 5.41. The Balaban J connectivity index is 1.46. The highest BCUT2D eigenvalue weighted by molar-refractivity contribution is 7.89. The van der Waals surface area contributed by atoms with Crippen molar-refractivity contribution in [3.63, 3.8) is 0 Å². The van der Waals surface area contributed by atoms with Gasteiger partial charge in [0.2, 0.25) is 21.8 Å². The molecule has 1 N–H and O–H groups in total. The molecule has 1 saturated carbocycles. The van der Waals surface area contributed by atoms with Gasteiger partial charge in [0, 0.05) is 32.1 Å². The van der Waals surface area contributed by atoms with Crippen molar-refractivity contribution >= 4 is 15.9 Å². The van der Waals surface area contributed by atoms with Crippen LogP contribution in [0.15, 0.2) is 4.52 Å². The molecular formula is C20H33N5O4S. The SMILES string of the molecule is CCS(=O)(=O)N[C@@H]1CC2CN(C(=O)CCN3CCCCC3)C[C@@]2(c2nc(C)no2)C1. The fraction of sp³-hybridized carbons (Fsp3) is 0.850. The molecule has 10 heteroatoms. The van der Waals surface area contributed by atoms with Crippen LogP contribution in [0, 0.1) is 12.8 Å². The topological polar surface area (TPSA) is 109 Å². The average Bonchev–Trinajstić information content (AvgIpc) is 3.39. The van der Waals surface area contributed by atoms with Crippen LogP contribution in [0.25, 0.3) is 0 Å². The van der Waals surface area contributed by atoms with Crippen LogP contribution in [0.3, 0.4) is 0 Å². The van der Waals surface area contributed by atoms with Gasteiger partial charge in [0.05, 0.1) is 11.2 Å². The lowest BCUT2D eigenvalue weighted by Crippen LogP contribution is -2.40. The normalized spacial score (nSPS) is 30.0. The Kier molecular flexibility index (Phi) is 6.18. The number of hydrogen-bond donors (Lipinski definition) is 1. The quantitative estimate of drug-likeness (QED) is 0.676. The smallest absolute Gasteiger partial charge is 0.235 e. The van der Waals surface area contributed by atoms with E-state index in [9.17, 15) is 13.2 Å². The minimum atomic E-state index is -3.29. The van der Waals surface area contributed by atoms with Crippen LogP contribution in [0.5, 0.6) is 0 Å². The molecule has 1 aromatic rings. The third-order valence-electron chi connectivity index (χ3n) is 7.00. The molecule has 3 atom stereocenters. The number of likely N-dealkylation sites (tertiary alicyclic amines) is 2. The Morgan fingerprint density at radius 3 is 2.73 bits per heavy atom. The van der Waals surface area contributed by atoms with Gasteiger partial charge in [-0.1, -0.05) is 11.6 Å². The number of rotatable bonds is 7. The maximum absolute atomic E-state index is 13.0. The molecule has 1 unspecified atom stereocenters. The molecule has 1 aliphatic carbocycles. The van der Waals surface area contributed by atoms with Crippen LogP contribution in [-0.2, 0) is 20.2 Å². The van der Waals surface area contributed by atoms with Crippen molar-refractivity contribution in [2.75, 3.05) is 38.5 Å². The van der Waals surface area contributed by atoms with Crippen LogP contribution in [0.2, 0.25) is 0 Å². The molecule has 30 heavy (non-hydrogen) atoms. The third kappa shape index (κ3) is 4.40. The molecule has 9 nitrogen and oxygen atoms in total. The molecule has 2 saturated heterocycles. The van der Waals surface area contributed by atoms with Gasteiger partial charge in [0.25, 0.3) is 0 Å². The summed E-state index contributed by atoms with van der Waals surface area (Å²) in [6, 6.07) is -0.169. The minimum absolute atomic E-state index is 0.0575. The molecule has 0 bridgehead atoms. The highest BCUT2D eigenvalue weighted by atomic mass is 32.2. The van der Waals surface area contributed by atoms with E-state index in [0.717, 1.165) is 19.6 Å². The molecule has 3 heterocycles. The zero-order valence-corrected chi connectivity index (χ0v) is 18.8. The lowest BCUT2D eigenvalue weighted by atomic mass is 9.80. The highest BCUT2D eigenvalue weighted by Crippen LogP contribution is 2.50. The van der Waals surface area contributed by atoms with Crippen molar-refractivity contribution < 1.29 is 17.7 Å². The minimum Gasteiger partial charge on any atom is -0.341 e. The van der Waals surface area contributed by atoms with E-state index in [1.54, 1.807) is 13.8 Å². The van der Waals surface area contributed by atoms with Crippen molar-refractivity contribution in [1.82, 2.24) is 24.7 Å². The van der Waals surface area contributed by atoms with E-state index >= 15 is 0 Å². The number of amides is 1. The lowest BCUT2D eigenvalue weighted by Gasteiger charge is -2.28. The number of aryl methyl sites for hydroxylation is 1. The van der Waals surface area contributed by atoms with E-state index in [4.69, 9.17) is 4.52 Å². The van der Waals surface area contributed by atoms with Crippen molar-refractivity contribution in [3.05, 3.63) is 11.7 Å². The van der Waals surface area contributed by atoms with E-state index < -0.39 is 15.4 Å². The molecule has 3 aliphatic rings. The number of piperidine rings is 1. The van der Waals surface area contributed by atoms with Gasteiger partial charge in [0.1, 0.15) is 0 Å². The first kappa shape index (κ1) is 21.7. The van der Waals surface area contributed by atoms with Gasteiger partial charge < -0.3 is 14.3 Å². The van der Waals surface area contributed by atoms with Gasteiger partial charge in [-0.2, -0.15) is 4.98 Å². The van der Waals surface area contributed by atoms with Crippen LogP contribution in [-0.4, -0.2) is 78.8 Å². The summed E-state index contributed by atoms with van der Waals surface area (Å²) < 4.78 is 32.6. The standard InChI is InChI=1S/C20H33N5O4S/c1-3-30(27,28)23-17-11-16-13-25(18(26)7-10-24-8-5-4-6-9-24)14-20(16,12-17)19-21-15(2)22-29-19/h16-17,23H,3-14H2,1-2H3/t16?,17-,20+/m1/s1. The van der Waals surface area contributed by atoms with Crippen molar-refractivity contribution in [1.29, 1.82) is 0 Å². The second-order valence-electron chi connectivity index (χ2n) is 9.08. The van der Waals surface area contributed by atoms with Crippen LogP contribution < -0.4 is 4.72 Å². The third-order valence-corrected chi connectivity index (χ3v) is 8.45. The molecule has 1 aromatic heterocycles. The number of aromatic nitrogens is 2. The number of carbonyl (C=O) groups excluding carboxylic acids is 1. The molecule has 1 amide bonds. The lowest BCUT2D eigenvalue weighted by molar-refractivity contribution is -0.131. The predicted molar refractivity (Wildman–Crippen MR) is 111 cm³/mol. The molecular weight excluding hydrogens is 406 g/mol. The zero-order valence-electron chi connectivity index (χ0n) is 18.0. The van der Waals surface area contributed by atoms with E-state index in [-0.39, 0.29) is 23.6 Å². The van der Waals surface area contributed by atoms with E-state index in [1.807, 2.05) is 4.90 Å². The maximum Gasteiger partial charge on any atom is 0.235 e. The maximum atomic E-state index is 13.0. The Labute approximate surface area is 178 Å². The molecule has 0 aromatic carbocycles. The number of sulfonamides is 1. The van der Waals surface area contributed by atoms with Gasteiger partial charge in [-0.25, -0.2) is 13.1 Å². The first-order valence-corrected chi connectivity index (χ1v) is 12.8. The summed E-state index contributed by atoms with van der Waals surface area (Å²) in [7, 11) is -3.29. The number of hydrogen-bond acceptors (Lipinski definition) is 7. The Morgan fingerprint density at radius 1 is 1.30 bits per heavy atom. The number of fused-ring (bicyclic) bond motifs is 1. The summed E-state index contributed by atoms with van der Waals surface area (Å²) in [5.74, 6) is 1.43. The van der Waals surface area contributed by atoms with Gasteiger partial charge in [0.15, 0.2) is 5.82 Å². The summed E-state index contributed by atoms with van der Waals surface area (Å²) in [5.41, 5.74) is -0.469. The number of carbonyl (C=O) groups is 1. The van der Waals surface area contributed by atoms with E-state index in [1.165, 1.54) is 19.3 Å².